The second-order valence-corrected chi connectivity index (χ2v) is 8.08. The minimum Gasteiger partial charge on any atom is -0.286 e. The fraction of sp³-hybridized carbons (Fsp3) is 0.727. The summed E-state index contributed by atoms with van der Waals surface area (Å²) < 4.78 is 0.211. The number of allylic oxidation sites excluding steroid dienone is 1. The first-order valence-electron chi connectivity index (χ1n) is 4.91. The molecule has 80 valence electrons. The molecule has 0 aromatic heterocycles. The Morgan fingerprint density at radius 2 is 1.86 bits per heavy atom. The monoisotopic (exact) mass is 306 g/mol. The van der Waals surface area contributed by atoms with Gasteiger partial charge < -0.3 is 0 Å². The van der Waals surface area contributed by atoms with Gasteiger partial charge in [0, 0.05) is 21.8 Å². The van der Waals surface area contributed by atoms with E-state index < -0.39 is 0 Å². The Labute approximate surface area is 100 Å². The lowest BCUT2D eigenvalue weighted by molar-refractivity contribution is 0.430. The van der Waals surface area contributed by atoms with Crippen molar-refractivity contribution < 1.29 is 0 Å². The maximum Gasteiger partial charge on any atom is 0.0334 e. The third kappa shape index (κ3) is 2.72. The zero-order chi connectivity index (χ0) is 11.0. The smallest absolute Gasteiger partial charge is 0.0334 e. The van der Waals surface area contributed by atoms with Crippen LogP contribution >= 0.6 is 22.6 Å². The second kappa shape index (κ2) is 3.83. The molecule has 0 aromatic rings. The number of hydrogen-bond acceptors (Lipinski definition) is 2. The summed E-state index contributed by atoms with van der Waals surface area (Å²) in [7, 11) is 0. The van der Waals surface area contributed by atoms with E-state index in [1.807, 2.05) is 12.4 Å². The topological polar surface area (TPSA) is 24.4 Å². The predicted molar refractivity (Wildman–Crippen MR) is 70.8 cm³/mol. The zero-order valence-electron chi connectivity index (χ0n) is 9.56. The number of hydrogen-bond donors (Lipinski definition) is 1. The number of alkyl halides is 1. The molecule has 3 heteroatoms. The van der Waals surface area contributed by atoms with Gasteiger partial charge in [0.2, 0.25) is 0 Å². The van der Waals surface area contributed by atoms with Crippen LogP contribution in [-0.4, -0.2) is 9.64 Å². The van der Waals surface area contributed by atoms with Crippen LogP contribution in [0.5, 0.6) is 0 Å². The quantitative estimate of drug-likeness (QED) is 0.583. The second-order valence-electron chi connectivity index (χ2n) is 5.30. The van der Waals surface area contributed by atoms with Gasteiger partial charge in [0.1, 0.15) is 0 Å². The van der Waals surface area contributed by atoms with E-state index >= 15 is 0 Å². The number of nitrogens with zero attached hydrogens (tertiary/aromatic N) is 1. The predicted octanol–water partition coefficient (Wildman–Crippen LogP) is 3.34. The van der Waals surface area contributed by atoms with Crippen LogP contribution < -0.4 is 5.43 Å². The highest BCUT2D eigenvalue weighted by Crippen LogP contribution is 2.40. The molecule has 0 saturated heterocycles. The number of halogens is 1. The summed E-state index contributed by atoms with van der Waals surface area (Å²) in [6.07, 6.45) is 4.07. The molecule has 0 amide bonds. The van der Waals surface area contributed by atoms with E-state index in [1.54, 1.807) is 0 Å². The highest BCUT2D eigenvalue weighted by Gasteiger charge is 2.35. The van der Waals surface area contributed by atoms with Crippen LogP contribution in [0.4, 0.5) is 0 Å². The van der Waals surface area contributed by atoms with E-state index in [2.05, 4.69) is 67.7 Å². The van der Waals surface area contributed by atoms with Crippen LogP contribution in [0.15, 0.2) is 16.9 Å². The lowest BCUT2D eigenvalue weighted by Gasteiger charge is -2.36. The van der Waals surface area contributed by atoms with Crippen molar-refractivity contribution in [3.8, 4) is 0 Å². The van der Waals surface area contributed by atoms with Crippen molar-refractivity contribution in [2.75, 3.05) is 0 Å². The molecule has 2 nitrogen and oxygen atoms in total. The Balaban J connectivity index is 2.99. The Morgan fingerprint density at radius 1 is 1.29 bits per heavy atom. The molecule has 0 radical (unpaired) electrons. The molecule has 1 unspecified atom stereocenters. The number of nitrogens with one attached hydrogen (secondary N) is 1. The van der Waals surface area contributed by atoms with Crippen LogP contribution in [0.25, 0.3) is 0 Å². The molecule has 0 aliphatic carbocycles. The largest absolute Gasteiger partial charge is 0.286 e. The highest BCUT2D eigenvalue weighted by atomic mass is 127. The summed E-state index contributed by atoms with van der Waals surface area (Å²) in [5, 5.41) is 4.13. The molecule has 1 aliphatic rings. The molecule has 14 heavy (non-hydrogen) atoms. The van der Waals surface area contributed by atoms with Gasteiger partial charge >= 0.3 is 0 Å². The molecule has 0 spiro atoms. The maximum atomic E-state index is 4.13. The van der Waals surface area contributed by atoms with Crippen molar-refractivity contribution in [3.05, 3.63) is 11.8 Å². The summed E-state index contributed by atoms with van der Waals surface area (Å²) in [4.78, 5) is 0. The van der Waals surface area contributed by atoms with Crippen LogP contribution in [0, 0.1) is 11.3 Å². The molecule has 0 saturated carbocycles. The van der Waals surface area contributed by atoms with Crippen LogP contribution in [0.1, 0.15) is 34.6 Å². The molecule has 1 heterocycles. The van der Waals surface area contributed by atoms with Crippen molar-refractivity contribution >= 4 is 28.8 Å². The first-order valence-corrected chi connectivity index (χ1v) is 5.99. The van der Waals surface area contributed by atoms with Gasteiger partial charge in [-0.25, -0.2) is 0 Å². The van der Waals surface area contributed by atoms with E-state index in [4.69, 9.17) is 0 Å². The fourth-order valence-corrected chi connectivity index (χ4v) is 2.12. The summed E-state index contributed by atoms with van der Waals surface area (Å²) in [6, 6.07) is 0. The van der Waals surface area contributed by atoms with Crippen molar-refractivity contribution in [3.63, 3.8) is 0 Å². The van der Waals surface area contributed by atoms with Crippen LogP contribution in [-0.2, 0) is 0 Å². The molecule has 1 N–H and O–H groups in total. The van der Waals surface area contributed by atoms with E-state index in [-0.39, 0.29) is 8.84 Å². The van der Waals surface area contributed by atoms with E-state index in [9.17, 15) is 0 Å². The first kappa shape index (κ1) is 12.0. The first-order chi connectivity index (χ1) is 6.23. The average molecular weight is 306 g/mol. The Kier molecular flexibility index (Phi) is 3.29. The van der Waals surface area contributed by atoms with Crippen molar-refractivity contribution in [1.29, 1.82) is 0 Å². The zero-order valence-corrected chi connectivity index (χ0v) is 11.7. The standard InChI is InChI=1S/C11H19IN2/c1-10(2,3)8-6-13-14-7-9(8)11(4,5)12/h6-7,9,13H,1-5H3. The molecular formula is C11H19IN2. The highest BCUT2D eigenvalue weighted by molar-refractivity contribution is 14.1. The van der Waals surface area contributed by atoms with Gasteiger partial charge in [-0.1, -0.05) is 43.4 Å². The van der Waals surface area contributed by atoms with Crippen molar-refractivity contribution in [2.24, 2.45) is 16.4 Å². The minimum absolute atomic E-state index is 0.201. The lowest BCUT2D eigenvalue weighted by atomic mass is 9.75. The SMILES string of the molecule is CC(C)(C)C1=CNN=CC1C(C)(C)I. The molecule has 1 rings (SSSR count). The number of hydrazone groups is 1. The molecule has 0 fully saturated rings. The van der Waals surface area contributed by atoms with Crippen LogP contribution in [0.3, 0.4) is 0 Å². The van der Waals surface area contributed by atoms with E-state index in [1.165, 1.54) is 5.57 Å². The summed E-state index contributed by atoms with van der Waals surface area (Å²) >= 11 is 2.49. The average Bonchev–Trinajstić information content (AvgIpc) is 2.01. The fourth-order valence-electron chi connectivity index (χ4n) is 1.62. The van der Waals surface area contributed by atoms with Crippen molar-refractivity contribution in [2.45, 2.75) is 38.0 Å². The third-order valence-corrected chi connectivity index (χ3v) is 3.13. The molecule has 1 atom stereocenters. The Bertz CT molecular complexity index is 266. The summed E-state index contributed by atoms with van der Waals surface area (Å²) in [6.45, 7) is 11.2. The van der Waals surface area contributed by atoms with Gasteiger partial charge in [-0.3, -0.25) is 5.43 Å². The maximum absolute atomic E-state index is 4.13. The molecular weight excluding hydrogens is 287 g/mol. The molecule has 0 bridgehead atoms. The van der Waals surface area contributed by atoms with Gasteiger partial charge in [0.05, 0.1) is 0 Å². The van der Waals surface area contributed by atoms with E-state index in [0.717, 1.165) is 0 Å². The molecule has 0 aromatic carbocycles. The van der Waals surface area contributed by atoms with E-state index in [0.29, 0.717) is 5.92 Å². The molecule has 1 aliphatic heterocycles. The van der Waals surface area contributed by atoms with Gasteiger partial charge in [0.15, 0.2) is 0 Å². The number of rotatable bonds is 1. The Morgan fingerprint density at radius 3 is 2.21 bits per heavy atom. The van der Waals surface area contributed by atoms with Crippen LogP contribution in [0.2, 0.25) is 0 Å². The summed E-state index contributed by atoms with van der Waals surface area (Å²) in [5.74, 6) is 0.421. The van der Waals surface area contributed by atoms with Gasteiger partial charge in [0.25, 0.3) is 0 Å². The van der Waals surface area contributed by atoms with Gasteiger partial charge in [-0.15, -0.1) is 0 Å². The Hall–Kier alpha value is -0.0600. The van der Waals surface area contributed by atoms with Crippen molar-refractivity contribution in [1.82, 2.24) is 5.43 Å². The van der Waals surface area contributed by atoms with Gasteiger partial charge in [-0.2, -0.15) is 5.10 Å². The summed E-state index contributed by atoms with van der Waals surface area (Å²) in [5.41, 5.74) is 4.57. The van der Waals surface area contributed by atoms with Gasteiger partial charge in [-0.05, 0) is 24.8 Å². The normalized spacial score (nSPS) is 23.0. The minimum atomic E-state index is 0.201. The third-order valence-electron chi connectivity index (χ3n) is 2.46. The lowest BCUT2D eigenvalue weighted by Crippen LogP contribution is -2.35.